The van der Waals surface area contributed by atoms with Gasteiger partial charge in [-0.15, -0.1) is 0 Å². The van der Waals surface area contributed by atoms with Crippen LogP contribution in [0.25, 0.3) is 5.70 Å². The quantitative estimate of drug-likeness (QED) is 0.598. The fourth-order valence-electron chi connectivity index (χ4n) is 0.988. The lowest BCUT2D eigenvalue weighted by atomic mass is 10.2. The number of aliphatic carboxylic acids is 1. The van der Waals surface area contributed by atoms with Crippen LogP contribution in [0.1, 0.15) is 0 Å². The zero-order valence-electron chi connectivity index (χ0n) is 7.72. The van der Waals surface area contributed by atoms with E-state index in [-0.39, 0.29) is 5.70 Å². The molecule has 0 radical (unpaired) electrons. The zero-order valence-corrected chi connectivity index (χ0v) is 7.72. The fourth-order valence-corrected chi connectivity index (χ4v) is 0.988. The molecule has 0 unspecified atom stereocenters. The van der Waals surface area contributed by atoms with E-state index in [1.54, 1.807) is 0 Å². The Morgan fingerprint density at radius 2 is 2.00 bits per heavy atom. The first-order valence-electron chi connectivity index (χ1n) is 3.89. The number of carboxylic acid groups (broad SMARTS) is 1. The van der Waals surface area contributed by atoms with Crippen molar-refractivity contribution in [2.24, 2.45) is 0 Å². The van der Waals surface area contributed by atoms with Crippen molar-refractivity contribution in [3.8, 4) is 0 Å². The molecule has 0 saturated heterocycles. The number of carbonyl (C=O) groups is 1. The van der Waals surface area contributed by atoms with E-state index in [9.17, 15) is 9.18 Å². The summed E-state index contributed by atoms with van der Waals surface area (Å²) in [7, 11) is 0. The molecule has 1 heterocycles. The Kier molecular flexibility index (Phi) is 3.12. The third-order valence-corrected chi connectivity index (χ3v) is 1.57. The summed E-state index contributed by atoms with van der Waals surface area (Å²) in [5.41, 5.74) is -0.679. The van der Waals surface area contributed by atoms with Crippen LogP contribution in [0.2, 0.25) is 0 Å². The van der Waals surface area contributed by atoms with E-state index < -0.39 is 17.4 Å². The Hall–Kier alpha value is -2.24. The summed E-state index contributed by atoms with van der Waals surface area (Å²) in [4.78, 5) is 11.7. The molecule has 78 valence electrons. The van der Waals surface area contributed by atoms with Gasteiger partial charge in [0.1, 0.15) is 17.1 Å². The molecule has 0 fully saturated rings. The highest BCUT2D eigenvalue weighted by molar-refractivity contribution is 5.98. The van der Waals surface area contributed by atoms with Crippen molar-refractivity contribution in [1.82, 2.24) is 15.0 Å². The van der Waals surface area contributed by atoms with Crippen molar-refractivity contribution in [3.05, 3.63) is 43.0 Å². The van der Waals surface area contributed by atoms with Gasteiger partial charge < -0.3 is 5.11 Å². The van der Waals surface area contributed by atoms with Gasteiger partial charge in [0.25, 0.3) is 0 Å². The molecule has 1 N–H and O–H groups in total. The maximum Gasteiger partial charge on any atom is 0.340 e. The highest BCUT2D eigenvalue weighted by atomic mass is 19.1. The number of hydrogen-bond donors (Lipinski definition) is 1. The van der Waals surface area contributed by atoms with Crippen molar-refractivity contribution in [2.75, 3.05) is 0 Å². The second kappa shape index (κ2) is 4.32. The van der Waals surface area contributed by atoms with E-state index >= 15 is 0 Å². The maximum atomic E-state index is 12.9. The van der Waals surface area contributed by atoms with Crippen LogP contribution in [0.4, 0.5) is 4.39 Å². The Morgan fingerprint density at radius 1 is 1.47 bits per heavy atom. The Labute approximate surface area is 84.8 Å². The predicted molar refractivity (Wildman–Crippen MR) is 51.3 cm³/mol. The first-order chi connectivity index (χ1) is 7.07. The molecule has 0 aliphatic carbocycles. The van der Waals surface area contributed by atoms with E-state index in [1.165, 1.54) is 12.4 Å². The third-order valence-electron chi connectivity index (χ3n) is 1.57. The smallest absolute Gasteiger partial charge is 0.340 e. The number of nitrogens with zero attached hydrogens (tertiary/aromatic N) is 3. The van der Waals surface area contributed by atoms with Crippen molar-refractivity contribution in [2.45, 2.75) is 0 Å². The minimum Gasteiger partial charge on any atom is -0.478 e. The number of halogens is 1. The van der Waals surface area contributed by atoms with E-state index in [2.05, 4.69) is 23.4 Å². The second-order valence-corrected chi connectivity index (χ2v) is 2.49. The number of rotatable bonds is 4. The molecular formula is C9H8FN3O2. The summed E-state index contributed by atoms with van der Waals surface area (Å²) < 4.78 is 12.9. The predicted octanol–water partition coefficient (Wildman–Crippen LogP) is 1.24. The summed E-state index contributed by atoms with van der Waals surface area (Å²) in [6.07, 6.45) is 3.82. The Bertz CT molecular complexity index is 418. The minimum absolute atomic E-state index is 0.0694. The van der Waals surface area contributed by atoms with Crippen LogP contribution in [0, 0.1) is 0 Å². The van der Waals surface area contributed by atoms with Crippen molar-refractivity contribution in [1.29, 1.82) is 0 Å². The Morgan fingerprint density at radius 3 is 2.33 bits per heavy atom. The van der Waals surface area contributed by atoms with Crippen LogP contribution in [0.3, 0.4) is 0 Å². The molecule has 0 spiro atoms. The molecule has 1 rings (SSSR count). The van der Waals surface area contributed by atoms with Gasteiger partial charge in [0.2, 0.25) is 0 Å². The molecule has 0 aliphatic rings. The molecule has 0 atom stereocenters. The van der Waals surface area contributed by atoms with Gasteiger partial charge in [-0.25, -0.2) is 9.18 Å². The molecule has 0 bridgehead atoms. The molecule has 1 aromatic heterocycles. The molecule has 1 aromatic rings. The van der Waals surface area contributed by atoms with Crippen LogP contribution in [-0.2, 0) is 4.79 Å². The zero-order chi connectivity index (χ0) is 11.4. The average Bonchev–Trinajstić information content (AvgIpc) is 2.64. The summed E-state index contributed by atoms with van der Waals surface area (Å²) in [5, 5.41) is 16.1. The average molecular weight is 209 g/mol. The van der Waals surface area contributed by atoms with Crippen LogP contribution < -0.4 is 0 Å². The molecule has 6 heteroatoms. The second-order valence-electron chi connectivity index (χ2n) is 2.49. The highest BCUT2D eigenvalue weighted by Crippen LogP contribution is 2.18. The van der Waals surface area contributed by atoms with Crippen LogP contribution in [0.5, 0.6) is 0 Å². The van der Waals surface area contributed by atoms with Gasteiger partial charge >= 0.3 is 5.97 Å². The number of allylic oxidation sites excluding steroid dienone is 2. The van der Waals surface area contributed by atoms with E-state index in [0.717, 1.165) is 10.9 Å². The van der Waals surface area contributed by atoms with Gasteiger partial charge in [0.05, 0.1) is 12.4 Å². The maximum absolute atomic E-state index is 12.9. The fraction of sp³-hybridized carbons (Fsp3) is 0. The molecule has 15 heavy (non-hydrogen) atoms. The molecular weight excluding hydrogens is 201 g/mol. The molecule has 0 aromatic carbocycles. The van der Waals surface area contributed by atoms with E-state index in [0.29, 0.717) is 0 Å². The number of hydrogen-bond acceptors (Lipinski definition) is 3. The highest BCUT2D eigenvalue weighted by Gasteiger charge is 2.18. The molecule has 0 amide bonds. The largest absolute Gasteiger partial charge is 0.478 e. The first kappa shape index (κ1) is 10.8. The monoisotopic (exact) mass is 209 g/mol. The summed E-state index contributed by atoms with van der Waals surface area (Å²) in [6.45, 7) is 6.31. The van der Waals surface area contributed by atoms with Crippen molar-refractivity contribution < 1.29 is 14.3 Å². The van der Waals surface area contributed by atoms with Crippen LogP contribution in [-0.4, -0.2) is 26.1 Å². The summed E-state index contributed by atoms with van der Waals surface area (Å²) >= 11 is 0. The number of carboxylic acids is 1. The van der Waals surface area contributed by atoms with Gasteiger partial charge in [0.15, 0.2) is 0 Å². The van der Waals surface area contributed by atoms with Gasteiger partial charge in [-0.2, -0.15) is 15.0 Å². The first-order valence-corrected chi connectivity index (χ1v) is 3.89. The van der Waals surface area contributed by atoms with E-state index in [4.69, 9.17) is 5.11 Å². The molecule has 0 saturated carbocycles. The summed E-state index contributed by atoms with van der Waals surface area (Å²) in [5.74, 6) is -2.52. The van der Waals surface area contributed by atoms with Gasteiger partial charge in [-0.3, -0.25) is 0 Å². The van der Waals surface area contributed by atoms with Gasteiger partial charge in [0, 0.05) is 0 Å². The standard InChI is InChI=1S/C9H8FN3O2/c1-3-7(13-11-4-5-12-13)8(6(2)10)9(14)15/h3-5H,1-2H2,(H,14,15)/b8-7-. The lowest BCUT2D eigenvalue weighted by molar-refractivity contribution is -0.132. The van der Waals surface area contributed by atoms with Crippen molar-refractivity contribution in [3.63, 3.8) is 0 Å². The SMILES string of the molecule is C=C/C(=C(\C(=C)F)C(=O)O)n1nccn1. The minimum atomic E-state index is -1.45. The van der Waals surface area contributed by atoms with Gasteiger partial charge in [-0.1, -0.05) is 13.2 Å². The topological polar surface area (TPSA) is 68.0 Å². The van der Waals surface area contributed by atoms with E-state index in [1.807, 2.05) is 0 Å². The molecule has 5 nitrogen and oxygen atoms in total. The lowest BCUT2D eigenvalue weighted by Crippen LogP contribution is -2.09. The van der Waals surface area contributed by atoms with Crippen LogP contribution in [0.15, 0.2) is 43.0 Å². The normalized spacial score (nSPS) is 11.8. The number of aromatic nitrogens is 3. The lowest BCUT2D eigenvalue weighted by Gasteiger charge is -2.04. The van der Waals surface area contributed by atoms with Gasteiger partial charge in [-0.05, 0) is 6.08 Å². The van der Waals surface area contributed by atoms with Crippen molar-refractivity contribution >= 4 is 11.7 Å². The molecule has 0 aliphatic heterocycles. The third kappa shape index (κ3) is 2.16. The Balaban J connectivity index is 3.39. The van der Waals surface area contributed by atoms with Crippen LogP contribution >= 0.6 is 0 Å². The summed E-state index contributed by atoms with van der Waals surface area (Å²) in [6, 6.07) is 0.